The van der Waals surface area contributed by atoms with Gasteiger partial charge in [-0.2, -0.15) is 0 Å². The zero-order chi connectivity index (χ0) is 15.6. The Balaban J connectivity index is 2.13. The molecule has 1 aromatic rings. The first-order valence-electron chi connectivity index (χ1n) is 6.50. The third-order valence-corrected chi connectivity index (χ3v) is 4.30. The van der Waals surface area contributed by atoms with Gasteiger partial charge in [0.15, 0.2) is 28.4 Å². The summed E-state index contributed by atoms with van der Waals surface area (Å²) in [5.41, 5.74) is -0.929. The minimum Gasteiger partial charge on any atom is -0.360 e. The second-order valence-electron chi connectivity index (χ2n) is 4.88. The first kappa shape index (κ1) is 16.5. The Morgan fingerprint density at radius 3 is 2.00 bits per heavy atom. The SMILES string of the molecule is Fc1c(F)c(NC(=S)NC2CCCCC2)c(F)c(F)c1Br. The predicted octanol–water partition coefficient (Wildman–Crippen LogP) is 4.62. The molecule has 0 saturated heterocycles. The van der Waals surface area contributed by atoms with Crippen LogP contribution in [0.5, 0.6) is 0 Å². The normalized spacial score (nSPS) is 15.9. The van der Waals surface area contributed by atoms with E-state index in [-0.39, 0.29) is 11.2 Å². The molecule has 0 radical (unpaired) electrons. The van der Waals surface area contributed by atoms with Crippen LogP contribution in [-0.2, 0) is 0 Å². The van der Waals surface area contributed by atoms with Crippen molar-refractivity contribution in [1.82, 2.24) is 5.32 Å². The Hall–Kier alpha value is -0.890. The van der Waals surface area contributed by atoms with Gasteiger partial charge in [0.25, 0.3) is 0 Å². The fraction of sp³-hybridized carbons (Fsp3) is 0.462. The molecule has 2 rings (SSSR count). The predicted molar refractivity (Wildman–Crippen MR) is 80.2 cm³/mol. The van der Waals surface area contributed by atoms with E-state index >= 15 is 0 Å². The van der Waals surface area contributed by atoms with Crippen LogP contribution in [0.25, 0.3) is 0 Å². The van der Waals surface area contributed by atoms with Gasteiger partial charge in [-0.15, -0.1) is 0 Å². The lowest BCUT2D eigenvalue weighted by Crippen LogP contribution is -2.39. The summed E-state index contributed by atoms with van der Waals surface area (Å²) >= 11 is 7.40. The molecule has 0 atom stereocenters. The summed E-state index contributed by atoms with van der Waals surface area (Å²) in [7, 11) is 0. The highest BCUT2D eigenvalue weighted by molar-refractivity contribution is 9.10. The second-order valence-corrected chi connectivity index (χ2v) is 6.08. The molecular formula is C13H13BrF4N2S. The maximum atomic E-state index is 13.7. The third-order valence-electron chi connectivity index (χ3n) is 3.39. The van der Waals surface area contributed by atoms with Crippen LogP contribution in [0.3, 0.4) is 0 Å². The molecule has 1 saturated carbocycles. The van der Waals surface area contributed by atoms with Gasteiger partial charge in [0.2, 0.25) is 0 Å². The van der Waals surface area contributed by atoms with Crippen molar-refractivity contribution in [3.63, 3.8) is 0 Å². The minimum absolute atomic E-state index is 0.0548. The lowest BCUT2D eigenvalue weighted by Gasteiger charge is -2.24. The zero-order valence-corrected chi connectivity index (χ0v) is 13.3. The van der Waals surface area contributed by atoms with Crippen LogP contribution in [0.15, 0.2) is 4.47 Å². The average Bonchev–Trinajstić information content (AvgIpc) is 2.48. The van der Waals surface area contributed by atoms with Crippen LogP contribution >= 0.6 is 28.1 Å². The van der Waals surface area contributed by atoms with Gasteiger partial charge in [-0.05, 0) is 41.0 Å². The summed E-state index contributed by atoms with van der Waals surface area (Å²) in [4.78, 5) is 0. The molecule has 0 bridgehead atoms. The number of halogens is 5. The molecule has 21 heavy (non-hydrogen) atoms. The number of nitrogens with one attached hydrogen (secondary N) is 2. The van der Waals surface area contributed by atoms with Gasteiger partial charge in [-0.3, -0.25) is 0 Å². The fourth-order valence-electron chi connectivity index (χ4n) is 2.30. The van der Waals surface area contributed by atoms with E-state index in [1.54, 1.807) is 0 Å². The van der Waals surface area contributed by atoms with Gasteiger partial charge >= 0.3 is 0 Å². The largest absolute Gasteiger partial charge is 0.360 e. The first-order valence-corrected chi connectivity index (χ1v) is 7.71. The van der Waals surface area contributed by atoms with E-state index < -0.39 is 33.4 Å². The summed E-state index contributed by atoms with van der Waals surface area (Å²) in [6.45, 7) is 0. The fourth-order valence-corrected chi connectivity index (χ4v) is 2.91. The van der Waals surface area contributed by atoms with Crippen molar-refractivity contribution in [3.05, 3.63) is 27.7 Å². The second kappa shape index (κ2) is 6.91. The van der Waals surface area contributed by atoms with Gasteiger partial charge in [0.05, 0.1) is 4.47 Å². The van der Waals surface area contributed by atoms with E-state index in [1.165, 1.54) is 0 Å². The molecule has 0 spiro atoms. The van der Waals surface area contributed by atoms with Crippen LogP contribution in [0.2, 0.25) is 0 Å². The smallest absolute Gasteiger partial charge is 0.186 e. The van der Waals surface area contributed by atoms with Crippen LogP contribution in [0, 0.1) is 23.3 Å². The summed E-state index contributed by atoms with van der Waals surface area (Å²) in [6.07, 6.45) is 5.03. The number of hydrogen-bond acceptors (Lipinski definition) is 1. The van der Waals surface area contributed by atoms with Crippen LogP contribution in [-0.4, -0.2) is 11.2 Å². The Bertz CT molecular complexity index is 533. The minimum atomic E-state index is -1.52. The highest BCUT2D eigenvalue weighted by atomic mass is 79.9. The van der Waals surface area contributed by atoms with Crippen molar-refractivity contribution in [2.24, 2.45) is 0 Å². The van der Waals surface area contributed by atoms with Crippen LogP contribution in [0.1, 0.15) is 32.1 Å². The standard InChI is InChI=1S/C13H13BrF4N2S/c14-7-8(15)10(17)12(11(18)9(7)16)20-13(21)19-6-4-2-1-3-5-6/h6H,1-5H2,(H2,19,20,21). The Labute approximate surface area is 133 Å². The van der Waals surface area contributed by atoms with E-state index in [0.29, 0.717) is 0 Å². The Morgan fingerprint density at radius 2 is 1.48 bits per heavy atom. The topological polar surface area (TPSA) is 24.1 Å². The lowest BCUT2D eigenvalue weighted by atomic mass is 9.96. The van der Waals surface area contributed by atoms with Crippen molar-refractivity contribution in [1.29, 1.82) is 0 Å². The van der Waals surface area contributed by atoms with E-state index in [9.17, 15) is 17.6 Å². The summed E-state index contributed by atoms with van der Waals surface area (Å²) in [5.74, 6) is -6.05. The molecule has 1 fully saturated rings. The van der Waals surface area contributed by atoms with Crippen LogP contribution in [0.4, 0.5) is 23.2 Å². The van der Waals surface area contributed by atoms with E-state index in [4.69, 9.17) is 12.2 Å². The maximum Gasteiger partial charge on any atom is 0.186 e. The molecule has 116 valence electrons. The van der Waals surface area contributed by atoms with Crippen LogP contribution < -0.4 is 10.6 Å². The van der Waals surface area contributed by atoms with Gasteiger partial charge in [0.1, 0.15) is 5.69 Å². The molecule has 1 aromatic carbocycles. The summed E-state index contributed by atoms with van der Waals surface area (Å²) < 4.78 is 53.3. The average molecular weight is 385 g/mol. The van der Waals surface area contributed by atoms with Gasteiger partial charge in [-0.25, -0.2) is 17.6 Å². The van der Waals surface area contributed by atoms with Crippen molar-refractivity contribution in [2.45, 2.75) is 38.1 Å². The molecule has 8 heteroatoms. The summed E-state index contributed by atoms with van der Waals surface area (Å²) in [5, 5.41) is 5.06. The zero-order valence-electron chi connectivity index (χ0n) is 10.9. The van der Waals surface area contributed by atoms with Crippen molar-refractivity contribution >= 4 is 38.9 Å². The Morgan fingerprint density at radius 1 is 0.952 bits per heavy atom. The molecule has 0 heterocycles. The van der Waals surface area contributed by atoms with Crippen molar-refractivity contribution < 1.29 is 17.6 Å². The molecule has 0 aromatic heterocycles. The van der Waals surface area contributed by atoms with Crippen molar-refractivity contribution in [2.75, 3.05) is 5.32 Å². The lowest BCUT2D eigenvalue weighted by molar-refractivity contribution is 0.414. The van der Waals surface area contributed by atoms with E-state index in [1.807, 2.05) is 0 Å². The van der Waals surface area contributed by atoms with Crippen molar-refractivity contribution in [3.8, 4) is 0 Å². The Kier molecular flexibility index (Phi) is 5.43. The number of benzene rings is 1. The number of anilines is 1. The van der Waals surface area contributed by atoms with Gasteiger partial charge in [-0.1, -0.05) is 19.3 Å². The number of rotatable bonds is 2. The molecule has 0 amide bonds. The number of thiocarbonyl (C=S) groups is 1. The first-order chi connectivity index (χ1) is 9.91. The van der Waals surface area contributed by atoms with Gasteiger partial charge < -0.3 is 10.6 Å². The maximum absolute atomic E-state index is 13.7. The highest BCUT2D eigenvalue weighted by Gasteiger charge is 2.25. The third kappa shape index (κ3) is 3.66. The number of hydrogen-bond donors (Lipinski definition) is 2. The van der Waals surface area contributed by atoms with E-state index in [2.05, 4.69) is 26.6 Å². The molecule has 2 N–H and O–H groups in total. The molecule has 2 nitrogen and oxygen atoms in total. The molecule has 1 aliphatic rings. The molecule has 1 aliphatic carbocycles. The molecule has 0 unspecified atom stereocenters. The summed E-state index contributed by atoms with van der Waals surface area (Å²) in [6, 6.07) is 0.106. The van der Waals surface area contributed by atoms with E-state index in [0.717, 1.165) is 32.1 Å². The quantitative estimate of drug-likeness (QED) is 0.336. The van der Waals surface area contributed by atoms with Gasteiger partial charge in [0, 0.05) is 6.04 Å². The monoisotopic (exact) mass is 384 g/mol. The molecular weight excluding hydrogens is 372 g/mol. The molecule has 0 aliphatic heterocycles. The highest BCUT2D eigenvalue weighted by Crippen LogP contribution is 2.31.